The van der Waals surface area contributed by atoms with Crippen LogP contribution in [-0.4, -0.2) is 11.6 Å². The lowest BCUT2D eigenvalue weighted by atomic mass is 9.84. The fraction of sp³-hybridized carbons (Fsp3) is 0.429. The van der Waals surface area contributed by atoms with Gasteiger partial charge in [0.1, 0.15) is 0 Å². The molecule has 1 rings (SSSR count). The first kappa shape index (κ1) is 12.6. The second-order valence-electron chi connectivity index (χ2n) is 5.12. The van der Waals surface area contributed by atoms with Crippen molar-refractivity contribution in [3.8, 4) is 0 Å². The van der Waals surface area contributed by atoms with Crippen LogP contribution in [0.5, 0.6) is 0 Å². The second-order valence-corrected chi connectivity index (χ2v) is 5.12. The van der Waals surface area contributed by atoms with E-state index >= 15 is 0 Å². The highest BCUT2D eigenvalue weighted by atomic mass is 16.1. The first-order valence-corrected chi connectivity index (χ1v) is 5.40. The Labute approximate surface area is 96.7 Å². The summed E-state index contributed by atoms with van der Waals surface area (Å²) < 4.78 is 0. The van der Waals surface area contributed by atoms with Crippen molar-refractivity contribution in [2.24, 2.45) is 0 Å². The first-order chi connectivity index (χ1) is 7.23. The summed E-state index contributed by atoms with van der Waals surface area (Å²) in [6.07, 6.45) is 0. The monoisotopic (exact) mass is 218 g/mol. The zero-order valence-electron chi connectivity index (χ0n) is 10.5. The molecule has 16 heavy (non-hydrogen) atoms. The minimum absolute atomic E-state index is 0.0144. The van der Waals surface area contributed by atoms with Crippen LogP contribution in [0.25, 0.3) is 0 Å². The number of hydrogen-bond donors (Lipinski definition) is 0. The summed E-state index contributed by atoms with van der Waals surface area (Å²) in [7, 11) is 0. The van der Waals surface area contributed by atoms with E-state index in [-0.39, 0.29) is 17.0 Å². The Morgan fingerprint density at radius 1 is 0.938 bits per heavy atom. The van der Waals surface area contributed by atoms with Gasteiger partial charge in [-0.25, -0.2) is 0 Å². The molecular weight excluding hydrogens is 200 g/mol. The smallest absolute Gasteiger partial charge is 0.160 e. The minimum Gasteiger partial charge on any atom is -0.294 e. The van der Waals surface area contributed by atoms with Crippen LogP contribution < -0.4 is 0 Å². The van der Waals surface area contributed by atoms with E-state index in [0.29, 0.717) is 11.1 Å². The Balaban J connectivity index is 3.40. The topological polar surface area (TPSA) is 34.1 Å². The Morgan fingerprint density at radius 2 is 1.44 bits per heavy atom. The van der Waals surface area contributed by atoms with E-state index < -0.39 is 0 Å². The average Bonchev–Trinajstić information content (AvgIpc) is 2.15. The molecule has 1 aromatic carbocycles. The highest BCUT2D eigenvalue weighted by molar-refractivity contribution is 6.07. The van der Waals surface area contributed by atoms with Crippen LogP contribution >= 0.6 is 0 Å². The third-order valence-corrected chi connectivity index (χ3v) is 2.64. The number of hydrogen-bond acceptors (Lipinski definition) is 2. The third kappa shape index (κ3) is 2.57. The van der Waals surface area contributed by atoms with Gasteiger partial charge in [-0.05, 0) is 30.9 Å². The summed E-state index contributed by atoms with van der Waals surface area (Å²) in [6.45, 7) is 9.23. The van der Waals surface area contributed by atoms with Crippen molar-refractivity contribution in [3.05, 3.63) is 34.9 Å². The zero-order chi connectivity index (χ0) is 12.5. The first-order valence-electron chi connectivity index (χ1n) is 5.40. The fourth-order valence-electron chi connectivity index (χ4n) is 1.61. The molecule has 0 N–H and O–H groups in total. The van der Waals surface area contributed by atoms with Gasteiger partial charge in [0, 0.05) is 11.1 Å². The predicted molar refractivity (Wildman–Crippen MR) is 65.2 cm³/mol. The average molecular weight is 218 g/mol. The van der Waals surface area contributed by atoms with E-state index in [1.54, 1.807) is 6.07 Å². The summed E-state index contributed by atoms with van der Waals surface area (Å²) in [5, 5.41) is 0. The van der Waals surface area contributed by atoms with Crippen LogP contribution in [0.2, 0.25) is 0 Å². The molecule has 0 heterocycles. The molecule has 0 unspecified atom stereocenters. The van der Waals surface area contributed by atoms with Crippen molar-refractivity contribution in [3.63, 3.8) is 0 Å². The van der Waals surface area contributed by atoms with Gasteiger partial charge >= 0.3 is 0 Å². The molecule has 0 bridgehead atoms. The van der Waals surface area contributed by atoms with Gasteiger partial charge < -0.3 is 0 Å². The van der Waals surface area contributed by atoms with E-state index in [0.717, 1.165) is 5.56 Å². The molecule has 0 saturated heterocycles. The quantitative estimate of drug-likeness (QED) is 0.713. The van der Waals surface area contributed by atoms with Gasteiger partial charge in [-0.2, -0.15) is 0 Å². The highest BCUT2D eigenvalue weighted by Gasteiger charge is 2.18. The lowest BCUT2D eigenvalue weighted by molar-refractivity contribution is 0.0980. The molecule has 1 aromatic rings. The number of benzene rings is 1. The maximum Gasteiger partial charge on any atom is 0.160 e. The molecule has 0 aromatic heterocycles. The fourth-order valence-corrected chi connectivity index (χ4v) is 1.61. The van der Waals surface area contributed by atoms with Crippen LogP contribution in [0.3, 0.4) is 0 Å². The van der Waals surface area contributed by atoms with Gasteiger partial charge in [0.2, 0.25) is 0 Å². The van der Waals surface area contributed by atoms with Crippen molar-refractivity contribution in [2.75, 3.05) is 0 Å². The van der Waals surface area contributed by atoms with Crippen LogP contribution in [0.15, 0.2) is 18.2 Å². The SMILES string of the molecule is CC(=O)c1ccc(C(C)(C)C)cc1C(C)=O. The molecule has 0 saturated carbocycles. The summed E-state index contributed by atoms with van der Waals surface area (Å²) in [5.41, 5.74) is 2.10. The molecule has 2 nitrogen and oxygen atoms in total. The van der Waals surface area contributed by atoms with Crippen LogP contribution in [0.4, 0.5) is 0 Å². The van der Waals surface area contributed by atoms with E-state index in [2.05, 4.69) is 20.8 Å². The van der Waals surface area contributed by atoms with Crippen molar-refractivity contribution in [2.45, 2.75) is 40.0 Å². The molecule has 0 aliphatic heterocycles. The van der Waals surface area contributed by atoms with Crippen molar-refractivity contribution < 1.29 is 9.59 Å². The molecule has 2 heteroatoms. The molecule has 0 atom stereocenters. The molecule has 0 fully saturated rings. The molecule has 86 valence electrons. The van der Waals surface area contributed by atoms with E-state index in [1.165, 1.54) is 13.8 Å². The normalized spacial score (nSPS) is 11.3. The van der Waals surface area contributed by atoms with Crippen LogP contribution in [-0.2, 0) is 5.41 Å². The summed E-state index contributed by atoms with van der Waals surface area (Å²) >= 11 is 0. The van der Waals surface area contributed by atoms with Crippen molar-refractivity contribution >= 4 is 11.6 Å². The minimum atomic E-state index is -0.0642. The number of Topliss-reactive ketones (excluding diaryl/α,β-unsaturated/α-hetero) is 2. The zero-order valence-corrected chi connectivity index (χ0v) is 10.5. The highest BCUT2D eigenvalue weighted by Crippen LogP contribution is 2.25. The number of carbonyl (C=O) groups is 2. The van der Waals surface area contributed by atoms with Gasteiger partial charge in [0.25, 0.3) is 0 Å². The van der Waals surface area contributed by atoms with Crippen LogP contribution in [0, 0.1) is 0 Å². The maximum absolute atomic E-state index is 11.5. The number of rotatable bonds is 2. The van der Waals surface area contributed by atoms with Crippen molar-refractivity contribution in [1.82, 2.24) is 0 Å². The van der Waals surface area contributed by atoms with E-state index in [9.17, 15) is 9.59 Å². The molecule has 0 spiro atoms. The molecule has 0 aliphatic carbocycles. The Morgan fingerprint density at radius 3 is 1.81 bits per heavy atom. The van der Waals surface area contributed by atoms with E-state index in [1.807, 2.05) is 12.1 Å². The summed E-state index contributed by atoms with van der Waals surface area (Å²) in [5.74, 6) is -0.123. The lowest BCUT2D eigenvalue weighted by Crippen LogP contribution is -2.14. The van der Waals surface area contributed by atoms with E-state index in [4.69, 9.17) is 0 Å². The van der Waals surface area contributed by atoms with Gasteiger partial charge in [0.15, 0.2) is 11.6 Å². The van der Waals surface area contributed by atoms with Gasteiger partial charge in [-0.1, -0.05) is 32.9 Å². The standard InChI is InChI=1S/C14H18O2/c1-9(15)12-7-6-11(14(3,4)5)8-13(12)10(2)16/h6-8H,1-5H3. The maximum atomic E-state index is 11.5. The summed E-state index contributed by atoms with van der Waals surface area (Å²) in [4.78, 5) is 22.9. The molecular formula is C14H18O2. The molecule has 0 aliphatic rings. The predicted octanol–water partition coefficient (Wildman–Crippen LogP) is 3.39. The number of carbonyl (C=O) groups excluding carboxylic acids is 2. The molecule has 0 amide bonds. The van der Waals surface area contributed by atoms with Gasteiger partial charge in [-0.15, -0.1) is 0 Å². The second kappa shape index (κ2) is 4.20. The lowest BCUT2D eigenvalue weighted by Gasteiger charge is -2.20. The molecule has 0 radical (unpaired) electrons. The van der Waals surface area contributed by atoms with Crippen molar-refractivity contribution in [1.29, 1.82) is 0 Å². The Hall–Kier alpha value is -1.44. The number of ketones is 2. The van der Waals surface area contributed by atoms with Gasteiger partial charge in [-0.3, -0.25) is 9.59 Å². The summed E-state index contributed by atoms with van der Waals surface area (Å²) in [6, 6.07) is 5.50. The largest absolute Gasteiger partial charge is 0.294 e. The van der Waals surface area contributed by atoms with Gasteiger partial charge in [0.05, 0.1) is 0 Å². The third-order valence-electron chi connectivity index (χ3n) is 2.64. The Kier molecular flexibility index (Phi) is 3.32. The Bertz CT molecular complexity index is 437. The van der Waals surface area contributed by atoms with Crippen LogP contribution in [0.1, 0.15) is 60.9 Å².